The van der Waals surface area contributed by atoms with Gasteiger partial charge in [-0.05, 0) is 42.0 Å². The SMILES string of the molecule is COc1ccc(OC)c(CC(=O)NCc2ccnc(-n3cccn3)c2)c1. The van der Waals surface area contributed by atoms with Crippen LogP contribution in [0.3, 0.4) is 0 Å². The lowest BCUT2D eigenvalue weighted by atomic mass is 10.1. The summed E-state index contributed by atoms with van der Waals surface area (Å²) in [6.07, 6.45) is 5.42. The molecule has 0 aliphatic heterocycles. The van der Waals surface area contributed by atoms with Crippen LogP contribution in [0.5, 0.6) is 11.5 Å². The van der Waals surface area contributed by atoms with Crippen LogP contribution in [0.2, 0.25) is 0 Å². The van der Waals surface area contributed by atoms with E-state index >= 15 is 0 Å². The molecule has 7 heteroatoms. The van der Waals surface area contributed by atoms with Crippen LogP contribution < -0.4 is 14.8 Å². The van der Waals surface area contributed by atoms with Crippen LogP contribution in [0.1, 0.15) is 11.1 Å². The number of hydrogen-bond acceptors (Lipinski definition) is 5. The van der Waals surface area contributed by atoms with E-state index in [1.807, 2.05) is 24.4 Å². The van der Waals surface area contributed by atoms with Crippen LogP contribution in [0.4, 0.5) is 0 Å². The summed E-state index contributed by atoms with van der Waals surface area (Å²) in [5, 5.41) is 7.07. The second kappa shape index (κ2) is 8.15. The van der Waals surface area contributed by atoms with Crippen molar-refractivity contribution in [2.45, 2.75) is 13.0 Å². The lowest BCUT2D eigenvalue weighted by Crippen LogP contribution is -2.24. The molecule has 26 heavy (non-hydrogen) atoms. The molecule has 7 nitrogen and oxygen atoms in total. The number of hydrogen-bond donors (Lipinski definition) is 1. The molecule has 0 radical (unpaired) electrons. The van der Waals surface area contributed by atoms with Crippen molar-refractivity contribution in [3.63, 3.8) is 0 Å². The molecule has 0 saturated heterocycles. The number of nitrogens with zero attached hydrogens (tertiary/aromatic N) is 3. The van der Waals surface area contributed by atoms with Gasteiger partial charge in [-0.25, -0.2) is 9.67 Å². The molecule has 0 spiro atoms. The number of pyridine rings is 1. The molecule has 3 aromatic rings. The van der Waals surface area contributed by atoms with Crippen molar-refractivity contribution in [2.75, 3.05) is 14.2 Å². The number of carbonyl (C=O) groups is 1. The van der Waals surface area contributed by atoms with Gasteiger partial charge in [-0.2, -0.15) is 5.10 Å². The number of ether oxygens (including phenoxy) is 2. The van der Waals surface area contributed by atoms with E-state index in [0.717, 1.165) is 11.1 Å². The highest BCUT2D eigenvalue weighted by molar-refractivity contribution is 5.79. The number of methoxy groups -OCH3 is 2. The van der Waals surface area contributed by atoms with Crippen LogP contribution in [-0.4, -0.2) is 34.9 Å². The molecule has 1 N–H and O–H groups in total. The van der Waals surface area contributed by atoms with E-state index in [1.54, 1.807) is 49.5 Å². The third-order valence-electron chi connectivity index (χ3n) is 3.88. The molecule has 2 aromatic heterocycles. The first kappa shape index (κ1) is 17.5. The van der Waals surface area contributed by atoms with Gasteiger partial charge in [-0.15, -0.1) is 0 Å². The summed E-state index contributed by atoms with van der Waals surface area (Å²) in [5.41, 5.74) is 1.72. The maximum absolute atomic E-state index is 12.3. The number of carbonyl (C=O) groups excluding carboxylic acids is 1. The van der Waals surface area contributed by atoms with Crippen molar-refractivity contribution in [1.82, 2.24) is 20.1 Å². The summed E-state index contributed by atoms with van der Waals surface area (Å²) >= 11 is 0. The minimum absolute atomic E-state index is 0.103. The van der Waals surface area contributed by atoms with Crippen LogP contribution in [0.15, 0.2) is 55.0 Å². The Morgan fingerprint density at radius 2 is 2.04 bits per heavy atom. The highest BCUT2D eigenvalue weighted by Crippen LogP contribution is 2.24. The lowest BCUT2D eigenvalue weighted by molar-refractivity contribution is -0.120. The second-order valence-corrected chi connectivity index (χ2v) is 5.60. The van der Waals surface area contributed by atoms with Crippen molar-refractivity contribution in [3.05, 3.63) is 66.1 Å². The van der Waals surface area contributed by atoms with Crippen LogP contribution in [0, 0.1) is 0 Å². The quantitative estimate of drug-likeness (QED) is 0.705. The molecule has 0 atom stereocenters. The van der Waals surface area contributed by atoms with Gasteiger partial charge in [0.15, 0.2) is 5.82 Å². The van der Waals surface area contributed by atoms with Gasteiger partial charge >= 0.3 is 0 Å². The molecule has 1 aromatic carbocycles. The zero-order valence-corrected chi connectivity index (χ0v) is 14.7. The molecule has 0 unspecified atom stereocenters. The maximum atomic E-state index is 12.3. The van der Waals surface area contributed by atoms with Crippen molar-refractivity contribution in [2.24, 2.45) is 0 Å². The summed E-state index contributed by atoms with van der Waals surface area (Å²) in [7, 11) is 3.17. The van der Waals surface area contributed by atoms with Crippen molar-refractivity contribution >= 4 is 5.91 Å². The molecule has 0 aliphatic rings. The second-order valence-electron chi connectivity index (χ2n) is 5.60. The zero-order valence-electron chi connectivity index (χ0n) is 14.7. The summed E-state index contributed by atoms with van der Waals surface area (Å²) < 4.78 is 12.2. The minimum Gasteiger partial charge on any atom is -0.497 e. The van der Waals surface area contributed by atoms with Gasteiger partial charge in [-0.1, -0.05) is 0 Å². The van der Waals surface area contributed by atoms with E-state index in [2.05, 4.69) is 15.4 Å². The van der Waals surface area contributed by atoms with Crippen molar-refractivity contribution in [3.8, 4) is 17.3 Å². The van der Waals surface area contributed by atoms with Gasteiger partial charge in [0.05, 0.1) is 20.6 Å². The van der Waals surface area contributed by atoms with Gasteiger partial charge in [0, 0.05) is 30.7 Å². The monoisotopic (exact) mass is 352 g/mol. The van der Waals surface area contributed by atoms with E-state index in [9.17, 15) is 4.79 Å². The normalized spacial score (nSPS) is 10.4. The number of benzene rings is 1. The van der Waals surface area contributed by atoms with Gasteiger partial charge in [0.1, 0.15) is 11.5 Å². The van der Waals surface area contributed by atoms with Gasteiger partial charge in [-0.3, -0.25) is 4.79 Å². The smallest absolute Gasteiger partial charge is 0.224 e. The van der Waals surface area contributed by atoms with Crippen LogP contribution >= 0.6 is 0 Å². The first-order valence-electron chi connectivity index (χ1n) is 8.12. The molecular weight excluding hydrogens is 332 g/mol. The number of aromatic nitrogens is 3. The van der Waals surface area contributed by atoms with E-state index < -0.39 is 0 Å². The molecule has 0 aliphatic carbocycles. The van der Waals surface area contributed by atoms with E-state index in [1.165, 1.54) is 0 Å². The maximum Gasteiger partial charge on any atom is 0.224 e. The minimum atomic E-state index is -0.103. The average molecular weight is 352 g/mol. The largest absolute Gasteiger partial charge is 0.497 e. The Morgan fingerprint density at radius 3 is 2.77 bits per heavy atom. The Labute approximate surface area is 151 Å². The number of rotatable bonds is 7. The third-order valence-corrected chi connectivity index (χ3v) is 3.88. The standard InChI is InChI=1S/C19H20N4O3/c1-25-16-4-5-17(26-2)15(11-16)12-19(24)21-13-14-6-8-20-18(10-14)23-9-3-7-22-23/h3-11H,12-13H2,1-2H3,(H,21,24). The molecule has 0 bridgehead atoms. The van der Waals surface area contributed by atoms with Gasteiger partial charge < -0.3 is 14.8 Å². The van der Waals surface area contributed by atoms with Crippen molar-refractivity contribution in [1.29, 1.82) is 0 Å². The summed E-state index contributed by atoms with van der Waals surface area (Å²) in [4.78, 5) is 16.6. The van der Waals surface area contributed by atoms with Gasteiger partial charge in [0.25, 0.3) is 0 Å². The summed E-state index contributed by atoms with van der Waals surface area (Å²) in [5.74, 6) is 1.95. The first-order valence-corrected chi connectivity index (χ1v) is 8.12. The van der Waals surface area contributed by atoms with E-state index in [4.69, 9.17) is 9.47 Å². The van der Waals surface area contributed by atoms with E-state index in [-0.39, 0.29) is 12.3 Å². The average Bonchev–Trinajstić information content (AvgIpc) is 3.21. The molecular formula is C19H20N4O3. The molecule has 3 rings (SSSR count). The Hall–Kier alpha value is -3.35. The Kier molecular flexibility index (Phi) is 5.48. The highest BCUT2D eigenvalue weighted by atomic mass is 16.5. The number of amides is 1. The molecule has 0 fully saturated rings. The topological polar surface area (TPSA) is 78.3 Å². The predicted molar refractivity (Wildman–Crippen MR) is 96.5 cm³/mol. The molecule has 2 heterocycles. The Bertz CT molecular complexity index is 878. The first-order chi connectivity index (χ1) is 12.7. The summed E-state index contributed by atoms with van der Waals surface area (Å²) in [6.45, 7) is 0.405. The zero-order chi connectivity index (χ0) is 18.4. The van der Waals surface area contributed by atoms with Crippen LogP contribution in [-0.2, 0) is 17.8 Å². The fourth-order valence-corrected chi connectivity index (χ4v) is 2.56. The van der Waals surface area contributed by atoms with Crippen molar-refractivity contribution < 1.29 is 14.3 Å². The molecule has 0 saturated carbocycles. The molecule has 1 amide bonds. The molecule has 134 valence electrons. The summed E-state index contributed by atoms with van der Waals surface area (Å²) in [6, 6.07) is 11.0. The van der Waals surface area contributed by atoms with Gasteiger partial charge in [0.2, 0.25) is 5.91 Å². The number of nitrogens with one attached hydrogen (secondary N) is 1. The fourth-order valence-electron chi connectivity index (χ4n) is 2.56. The predicted octanol–water partition coefficient (Wildman–Crippen LogP) is 2.14. The lowest BCUT2D eigenvalue weighted by Gasteiger charge is -2.11. The van der Waals surface area contributed by atoms with E-state index in [0.29, 0.717) is 23.9 Å². The highest BCUT2D eigenvalue weighted by Gasteiger charge is 2.10. The fraction of sp³-hybridized carbons (Fsp3) is 0.211. The Balaban J connectivity index is 1.64. The Morgan fingerprint density at radius 1 is 1.15 bits per heavy atom. The third kappa shape index (κ3) is 4.18. The van der Waals surface area contributed by atoms with Crippen LogP contribution in [0.25, 0.3) is 5.82 Å².